The molecule has 1 unspecified atom stereocenters. The minimum absolute atomic E-state index is 0.146. The Balaban J connectivity index is 1.71. The first-order valence-corrected chi connectivity index (χ1v) is 8.92. The molecule has 0 spiro atoms. The highest BCUT2D eigenvalue weighted by Crippen LogP contribution is 2.25. The van der Waals surface area contributed by atoms with Crippen molar-refractivity contribution in [3.05, 3.63) is 78.8 Å². The summed E-state index contributed by atoms with van der Waals surface area (Å²) in [5.74, 6) is -0.908. The third kappa shape index (κ3) is 4.66. The summed E-state index contributed by atoms with van der Waals surface area (Å²) in [4.78, 5) is 46.8. The van der Waals surface area contributed by atoms with Crippen LogP contribution in [0, 0.1) is 20.2 Å². The number of amides is 2. The summed E-state index contributed by atoms with van der Waals surface area (Å²) in [7, 11) is 0. The third-order valence-corrected chi connectivity index (χ3v) is 4.70. The molecule has 0 aromatic heterocycles. The highest BCUT2D eigenvalue weighted by Gasteiger charge is 2.30. The molecule has 2 amide bonds. The minimum atomic E-state index is -0.790. The number of nitrogens with zero attached hydrogens (tertiary/aromatic N) is 3. The van der Waals surface area contributed by atoms with E-state index in [1.54, 1.807) is 18.2 Å². The van der Waals surface area contributed by atoms with Gasteiger partial charge in [0.2, 0.25) is 0 Å². The Kier molecular flexibility index (Phi) is 5.74. The van der Waals surface area contributed by atoms with Gasteiger partial charge in [0.15, 0.2) is 0 Å². The number of hydrogen-bond acceptors (Lipinski definition) is 6. The molecule has 0 radical (unpaired) electrons. The molecule has 1 fully saturated rings. The van der Waals surface area contributed by atoms with Crippen LogP contribution >= 0.6 is 11.6 Å². The van der Waals surface area contributed by atoms with Crippen molar-refractivity contribution < 1.29 is 19.4 Å². The lowest BCUT2D eigenvalue weighted by Crippen LogP contribution is -2.38. The number of likely N-dealkylation sites (tertiary alicyclic amines) is 1. The van der Waals surface area contributed by atoms with Gasteiger partial charge in [0, 0.05) is 41.9 Å². The van der Waals surface area contributed by atoms with Crippen LogP contribution in [-0.2, 0) is 0 Å². The zero-order valence-electron chi connectivity index (χ0n) is 14.9. The first kappa shape index (κ1) is 20.2. The van der Waals surface area contributed by atoms with Crippen molar-refractivity contribution in [2.45, 2.75) is 12.5 Å². The molecule has 1 N–H and O–H groups in total. The van der Waals surface area contributed by atoms with E-state index in [2.05, 4.69) is 5.32 Å². The quantitative estimate of drug-likeness (QED) is 0.585. The van der Waals surface area contributed by atoms with Crippen LogP contribution in [0.3, 0.4) is 0 Å². The lowest BCUT2D eigenvalue weighted by Gasteiger charge is -2.17. The maximum atomic E-state index is 12.7. The number of carbonyl (C=O) groups excluding carboxylic acids is 2. The molecule has 1 aliphatic heterocycles. The van der Waals surface area contributed by atoms with Crippen LogP contribution in [0.1, 0.15) is 27.1 Å². The van der Waals surface area contributed by atoms with Gasteiger partial charge in [-0.25, -0.2) is 0 Å². The van der Waals surface area contributed by atoms with Crippen molar-refractivity contribution in [3.8, 4) is 0 Å². The van der Waals surface area contributed by atoms with E-state index in [-0.39, 0.29) is 24.1 Å². The summed E-state index contributed by atoms with van der Waals surface area (Å²) >= 11 is 5.88. The molecule has 0 saturated carbocycles. The van der Waals surface area contributed by atoms with E-state index < -0.39 is 27.1 Å². The van der Waals surface area contributed by atoms with Crippen LogP contribution in [0.5, 0.6) is 0 Å². The Bertz CT molecular complexity index is 979. The summed E-state index contributed by atoms with van der Waals surface area (Å²) in [5, 5.41) is 25.2. The van der Waals surface area contributed by atoms with Gasteiger partial charge < -0.3 is 10.2 Å². The lowest BCUT2D eigenvalue weighted by molar-refractivity contribution is -0.394. The Morgan fingerprint density at radius 1 is 1.03 bits per heavy atom. The zero-order valence-corrected chi connectivity index (χ0v) is 15.7. The smallest absolute Gasteiger partial charge is 0.277 e. The molecule has 29 heavy (non-hydrogen) atoms. The zero-order chi connectivity index (χ0) is 21.1. The topological polar surface area (TPSA) is 136 Å². The highest BCUT2D eigenvalue weighted by atomic mass is 35.5. The average Bonchev–Trinajstić information content (AvgIpc) is 3.15. The molecule has 3 rings (SSSR count). The molecule has 0 aliphatic carbocycles. The van der Waals surface area contributed by atoms with Crippen LogP contribution in [0.2, 0.25) is 5.02 Å². The number of halogens is 1. The van der Waals surface area contributed by atoms with Crippen molar-refractivity contribution in [2.75, 3.05) is 13.1 Å². The van der Waals surface area contributed by atoms with Gasteiger partial charge >= 0.3 is 0 Å². The lowest BCUT2D eigenvalue weighted by atomic mass is 10.1. The monoisotopic (exact) mass is 418 g/mol. The Hall–Kier alpha value is -3.53. The predicted molar refractivity (Wildman–Crippen MR) is 103 cm³/mol. The van der Waals surface area contributed by atoms with Crippen LogP contribution in [0.25, 0.3) is 0 Å². The second kappa shape index (κ2) is 8.23. The number of nitro groups is 2. The molecule has 1 atom stereocenters. The van der Waals surface area contributed by atoms with Crippen LogP contribution < -0.4 is 5.32 Å². The Morgan fingerprint density at radius 3 is 2.28 bits per heavy atom. The SMILES string of the molecule is O=C(NC1CCN(C(=O)c2cc([N+](=O)[O-])cc([N+](=O)[O-])c2)C1)c1cccc(Cl)c1. The summed E-state index contributed by atoms with van der Waals surface area (Å²) in [5.41, 5.74) is -0.829. The molecule has 11 heteroatoms. The van der Waals surface area contributed by atoms with Gasteiger partial charge in [-0.15, -0.1) is 0 Å². The van der Waals surface area contributed by atoms with Gasteiger partial charge in [0.05, 0.1) is 21.5 Å². The standard InChI is InChI=1S/C18H15ClN4O6/c19-13-3-1-2-11(6-13)17(24)20-14-4-5-21(10-14)18(25)12-7-15(22(26)27)9-16(8-12)23(28)29/h1-3,6-9,14H,4-5,10H2,(H,20,24). The fourth-order valence-electron chi connectivity index (χ4n) is 3.07. The normalized spacial score (nSPS) is 15.8. The summed E-state index contributed by atoms with van der Waals surface area (Å²) in [6.45, 7) is 0.484. The molecule has 0 bridgehead atoms. The molecule has 1 saturated heterocycles. The van der Waals surface area contributed by atoms with Crippen molar-refractivity contribution in [1.29, 1.82) is 0 Å². The first-order chi connectivity index (χ1) is 13.7. The number of hydrogen-bond donors (Lipinski definition) is 1. The van der Waals surface area contributed by atoms with Crippen LogP contribution in [-0.4, -0.2) is 45.7 Å². The molecular weight excluding hydrogens is 404 g/mol. The van der Waals surface area contributed by atoms with E-state index in [0.29, 0.717) is 23.6 Å². The van der Waals surface area contributed by atoms with E-state index in [0.717, 1.165) is 18.2 Å². The maximum Gasteiger partial charge on any atom is 0.277 e. The van der Waals surface area contributed by atoms with Crippen molar-refractivity contribution in [3.63, 3.8) is 0 Å². The molecular formula is C18H15ClN4O6. The van der Waals surface area contributed by atoms with E-state index in [1.807, 2.05) is 0 Å². The summed E-state index contributed by atoms with van der Waals surface area (Å²) in [6.07, 6.45) is 0.481. The maximum absolute atomic E-state index is 12.7. The number of nitro benzene ring substituents is 2. The van der Waals surface area contributed by atoms with Gasteiger partial charge in [0.25, 0.3) is 23.2 Å². The molecule has 2 aromatic rings. The van der Waals surface area contributed by atoms with Crippen molar-refractivity contribution in [2.24, 2.45) is 0 Å². The number of nitrogens with one attached hydrogen (secondary N) is 1. The average molecular weight is 419 g/mol. The molecule has 150 valence electrons. The van der Waals surface area contributed by atoms with Crippen molar-refractivity contribution in [1.82, 2.24) is 10.2 Å². The van der Waals surface area contributed by atoms with Gasteiger partial charge in [-0.3, -0.25) is 29.8 Å². The van der Waals surface area contributed by atoms with Crippen LogP contribution in [0.4, 0.5) is 11.4 Å². The first-order valence-electron chi connectivity index (χ1n) is 8.54. The number of benzene rings is 2. The second-order valence-electron chi connectivity index (χ2n) is 6.47. The summed E-state index contributed by atoms with van der Waals surface area (Å²) in [6, 6.07) is 8.93. The fourth-order valence-corrected chi connectivity index (χ4v) is 3.26. The van der Waals surface area contributed by atoms with Gasteiger partial charge in [0.1, 0.15) is 0 Å². The number of rotatable bonds is 5. The van der Waals surface area contributed by atoms with Gasteiger partial charge in [-0.1, -0.05) is 17.7 Å². The fraction of sp³-hybridized carbons (Fsp3) is 0.222. The molecule has 2 aromatic carbocycles. The van der Waals surface area contributed by atoms with Gasteiger partial charge in [-0.05, 0) is 24.6 Å². The Labute approximate surface area is 169 Å². The van der Waals surface area contributed by atoms with E-state index >= 15 is 0 Å². The number of non-ortho nitro benzene ring substituents is 2. The number of carbonyl (C=O) groups is 2. The van der Waals surface area contributed by atoms with E-state index in [4.69, 9.17) is 11.6 Å². The molecule has 1 heterocycles. The van der Waals surface area contributed by atoms with E-state index in [1.165, 1.54) is 11.0 Å². The molecule has 10 nitrogen and oxygen atoms in total. The third-order valence-electron chi connectivity index (χ3n) is 4.47. The predicted octanol–water partition coefficient (Wildman–Crippen LogP) is 2.80. The minimum Gasteiger partial charge on any atom is -0.347 e. The Morgan fingerprint density at radius 2 is 1.69 bits per heavy atom. The van der Waals surface area contributed by atoms with Gasteiger partial charge in [-0.2, -0.15) is 0 Å². The van der Waals surface area contributed by atoms with E-state index in [9.17, 15) is 29.8 Å². The highest BCUT2D eigenvalue weighted by molar-refractivity contribution is 6.30. The summed E-state index contributed by atoms with van der Waals surface area (Å²) < 4.78 is 0. The molecule has 1 aliphatic rings. The van der Waals surface area contributed by atoms with Crippen LogP contribution in [0.15, 0.2) is 42.5 Å². The van der Waals surface area contributed by atoms with Crippen molar-refractivity contribution >= 4 is 34.8 Å². The second-order valence-corrected chi connectivity index (χ2v) is 6.91. The largest absolute Gasteiger partial charge is 0.347 e.